The third-order valence-electron chi connectivity index (χ3n) is 3.37. The van der Waals surface area contributed by atoms with E-state index in [1.165, 1.54) is 0 Å². The molecule has 0 radical (unpaired) electrons. The number of hydrogen-bond acceptors (Lipinski definition) is 6. The van der Waals surface area contributed by atoms with Crippen LogP contribution < -0.4 is 15.4 Å². The molecule has 0 unspecified atom stereocenters. The summed E-state index contributed by atoms with van der Waals surface area (Å²) in [7, 11) is 0. The van der Waals surface area contributed by atoms with Gasteiger partial charge in [0.2, 0.25) is 0 Å². The highest BCUT2D eigenvalue weighted by atomic mass is 16.5. The standard InChI is InChI=1S/C19H22N4O2/c1-13(2)25-17-9-5-4-8-16(17)23-19-11-18(21-14(3)22-19)20-12-15-7-6-10-24-15/h4-11,13H,12H2,1-3H3,(H2,20,21,22,23). The number of ether oxygens (including phenoxy) is 1. The Balaban J connectivity index is 1.76. The smallest absolute Gasteiger partial charge is 0.143 e. The Morgan fingerprint density at radius 3 is 2.64 bits per heavy atom. The Labute approximate surface area is 147 Å². The number of benzene rings is 1. The normalized spacial score (nSPS) is 10.7. The van der Waals surface area contributed by atoms with E-state index in [0.29, 0.717) is 18.2 Å². The highest BCUT2D eigenvalue weighted by Crippen LogP contribution is 2.28. The van der Waals surface area contributed by atoms with Crippen molar-refractivity contribution in [1.82, 2.24) is 9.97 Å². The van der Waals surface area contributed by atoms with Crippen LogP contribution in [0.25, 0.3) is 0 Å². The van der Waals surface area contributed by atoms with Gasteiger partial charge in [0.05, 0.1) is 24.6 Å². The van der Waals surface area contributed by atoms with Crippen molar-refractivity contribution in [2.24, 2.45) is 0 Å². The fourth-order valence-electron chi connectivity index (χ4n) is 2.38. The van der Waals surface area contributed by atoms with Crippen molar-refractivity contribution < 1.29 is 9.15 Å². The first-order valence-electron chi connectivity index (χ1n) is 8.25. The van der Waals surface area contributed by atoms with E-state index in [9.17, 15) is 0 Å². The highest BCUT2D eigenvalue weighted by Gasteiger charge is 2.08. The number of para-hydroxylation sites is 2. The molecule has 1 aromatic carbocycles. The lowest BCUT2D eigenvalue weighted by Crippen LogP contribution is -2.08. The van der Waals surface area contributed by atoms with E-state index in [2.05, 4.69) is 20.6 Å². The zero-order valence-corrected chi connectivity index (χ0v) is 14.6. The summed E-state index contributed by atoms with van der Waals surface area (Å²) < 4.78 is 11.2. The fraction of sp³-hybridized carbons (Fsp3) is 0.263. The van der Waals surface area contributed by atoms with Gasteiger partial charge in [0, 0.05) is 6.07 Å². The van der Waals surface area contributed by atoms with E-state index in [1.807, 2.05) is 63.2 Å². The van der Waals surface area contributed by atoms with Crippen LogP contribution in [0.4, 0.5) is 17.3 Å². The van der Waals surface area contributed by atoms with Gasteiger partial charge in [0.15, 0.2) is 0 Å². The average molecular weight is 338 g/mol. The first-order chi connectivity index (χ1) is 12.1. The molecule has 0 aliphatic heterocycles. The van der Waals surface area contributed by atoms with Crippen LogP contribution in [-0.2, 0) is 6.54 Å². The first-order valence-corrected chi connectivity index (χ1v) is 8.25. The van der Waals surface area contributed by atoms with Gasteiger partial charge in [-0.3, -0.25) is 0 Å². The van der Waals surface area contributed by atoms with E-state index in [1.54, 1.807) is 6.26 Å². The SMILES string of the molecule is Cc1nc(NCc2ccco2)cc(Nc2ccccc2OC(C)C)n1. The van der Waals surface area contributed by atoms with Crippen LogP contribution in [0.15, 0.2) is 53.1 Å². The average Bonchev–Trinajstić information content (AvgIpc) is 3.07. The molecule has 6 nitrogen and oxygen atoms in total. The molecule has 0 aliphatic rings. The van der Waals surface area contributed by atoms with E-state index >= 15 is 0 Å². The molecule has 0 aliphatic carbocycles. The third kappa shape index (κ3) is 4.73. The molecule has 130 valence electrons. The molecule has 0 amide bonds. The second kappa shape index (κ2) is 7.70. The summed E-state index contributed by atoms with van der Waals surface area (Å²) in [4.78, 5) is 8.86. The maximum Gasteiger partial charge on any atom is 0.143 e. The molecule has 0 spiro atoms. The molecule has 2 aromatic heterocycles. The Morgan fingerprint density at radius 1 is 1.08 bits per heavy atom. The van der Waals surface area contributed by atoms with Gasteiger partial charge in [-0.15, -0.1) is 0 Å². The number of aromatic nitrogens is 2. The molecule has 3 aromatic rings. The van der Waals surface area contributed by atoms with E-state index < -0.39 is 0 Å². The Hall–Kier alpha value is -3.02. The Bertz CT molecular complexity index is 816. The summed E-state index contributed by atoms with van der Waals surface area (Å²) >= 11 is 0. The molecule has 0 bridgehead atoms. The molecule has 0 saturated heterocycles. The molecule has 2 heterocycles. The van der Waals surface area contributed by atoms with Gasteiger partial charge in [0.25, 0.3) is 0 Å². The minimum Gasteiger partial charge on any atom is -0.489 e. The number of aryl methyl sites for hydroxylation is 1. The minimum absolute atomic E-state index is 0.0978. The molecule has 2 N–H and O–H groups in total. The van der Waals surface area contributed by atoms with Crippen LogP contribution in [0.1, 0.15) is 25.4 Å². The van der Waals surface area contributed by atoms with Crippen LogP contribution in [0.3, 0.4) is 0 Å². The molecular formula is C19H22N4O2. The van der Waals surface area contributed by atoms with Gasteiger partial charge in [-0.05, 0) is 45.0 Å². The molecule has 25 heavy (non-hydrogen) atoms. The van der Waals surface area contributed by atoms with Gasteiger partial charge < -0.3 is 19.8 Å². The second-order valence-corrected chi connectivity index (χ2v) is 5.91. The van der Waals surface area contributed by atoms with E-state index in [4.69, 9.17) is 9.15 Å². The van der Waals surface area contributed by atoms with Crippen LogP contribution in [0.5, 0.6) is 5.75 Å². The summed E-state index contributed by atoms with van der Waals surface area (Å²) in [5.41, 5.74) is 0.867. The Kier molecular flexibility index (Phi) is 5.18. The van der Waals surface area contributed by atoms with Crippen molar-refractivity contribution >= 4 is 17.3 Å². The Morgan fingerprint density at radius 2 is 1.88 bits per heavy atom. The van der Waals surface area contributed by atoms with Crippen LogP contribution >= 0.6 is 0 Å². The summed E-state index contributed by atoms with van der Waals surface area (Å²) in [5, 5.41) is 6.56. The van der Waals surface area contributed by atoms with Crippen LogP contribution in [0.2, 0.25) is 0 Å². The van der Waals surface area contributed by atoms with Crippen molar-refractivity contribution in [2.45, 2.75) is 33.4 Å². The number of rotatable bonds is 7. The molecule has 3 rings (SSSR count). The van der Waals surface area contributed by atoms with Crippen molar-refractivity contribution in [3.63, 3.8) is 0 Å². The predicted octanol–water partition coefficient (Wildman–Crippen LogP) is 4.52. The number of anilines is 3. The number of furan rings is 1. The van der Waals surface area contributed by atoms with Crippen molar-refractivity contribution in [3.8, 4) is 5.75 Å². The maximum absolute atomic E-state index is 5.84. The zero-order chi connectivity index (χ0) is 17.6. The molecular weight excluding hydrogens is 316 g/mol. The summed E-state index contributed by atoms with van der Waals surface area (Å²) in [6.07, 6.45) is 1.75. The number of hydrogen-bond donors (Lipinski definition) is 2. The quantitative estimate of drug-likeness (QED) is 0.660. The van der Waals surface area contributed by atoms with Crippen LogP contribution in [-0.4, -0.2) is 16.1 Å². The van der Waals surface area contributed by atoms with Gasteiger partial charge >= 0.3 is 0 Å². The lowest BCUT2D eigenvalue weighted by molar-refractivity contribution is 0.244. The lowest BCUT2D eigenvalue weighted by atomic mass is 10.3. The highest BCUT2D eigenvalue weighted by molar-refractivity contribution is 5.65. The second-order valence-electron chi connectivity index (χ2n) is 5.91. The monoisotopic (exact) mass is 338 g/mol. The summed E-state index contributed by atoms with van der Waals surface area (Å²) in [6.45, 7) is 6.43. The first kappa shape index (κ1) is 16.8. The van der Waals surface area contributed by atoms with Gasteiger partial charge in [0.1, 0.15) is 29.0 Å². The van der Waals surface area contributed by atoms with Gasteiger partial charge in [-0.25, -0.2) is 9.97 Å². The van der Waals surface area contributed by atoms with Gasteiger partial charge in [-0.1, -0.05) is 12.1 Å². The maximum atomic E-state index is 5.84. The van der Waals surface area contributed by atoms with Crippen molar-refractivity contribution in [1.29, 1.82) is 0 Å². The number of nitrogens with one attached hydrogen (secondary N) is 2. The molecule has 0 atom stereocenters. The minimum atomic E-state index is 0.0978. The van der Waals surface area contributed by atoms with E-state index in [0.717, 1.165) is 23.0 Å². The topological polar surface area (TPSA) is 72.2 Å². The fourth-order valence-corrected chi connectivity index (χ4v) is 2.38. The molecule has 6 heteroatoms. The lowest BCUT2D eigenvalue weighted by Gasteiger charge is -2.15. The zero-order valence-electron chi connectivity index (χ0n) is 14.6. The van der Waals surface area contributed by atoms with E-state index in [-0.39, 0.29) is 6.10 Å². The van der Waals surface area contributed by atoms with Crippen molar-refractivity contribution in [3.05, 3.63) is 60.3 Å². The largest absolute Gasteiger partial charge is 0.489 e. The van der Waals surface area contributed by atoms with Gasteiger partial charge in [-0.2, -0.15) is 0 Å². The van der Waals surface area contributed by atoms with Crippen molar-refractivity contribution in [2.75, 3.05) is 10.6 Å². The summed E-state index contributed by atoms with van der Waals surface area (Å²) in [5.74, 6) is 3.75. The summed E-state index contributed by atoms with van der Waals surface area (Å²) in [6, 6.07) is 13.4. The van der Waals surface area contributed by atoms with Crippen LogP contribution in [0, 0.1) is 6.92 Å². The predicted molar refractivity (Wildman–Crippen MR) is 98.3 cm³/mol. The number of nitrogens with zero attached hydrogens (tertiary/aromatic N) is 2. The molecule has 0 saturated carbocycles. The molecule has 0 fully saturated rings. The third-order valence-corrected chi connectivity index (χ3v) is 3.37.